The topological polar surface area (TPSA) is 64.6 Å². The Hall–Kier alpha value is -2.19. The molecule has 1 aliphatic rings. The molecule has 1 aliphatic heterocycles. The Balaban J connectivity index is 1.84. The number of fused-ring (bicyclic) bond motifs is 1. The van der Waals surface area contributed by atoms with Gasteiger partial charge in [0.2, 0.25) is 0 Å². The van der Waals surface area contributed by atoms with Gasteiger partial charge in [-0.15, -0.1) is 6.42 Å². The number of benzene rings is 1. The number of halogens is 1. The summed E-state index contributed by atoms with van der Waals surface area (Å²) in [5.41, 5.74) is 0.844. The van der Waals surface area contributed by atoms with Crippen LogP contribution in [0.5, 0.6) is 5.75 Å². The molecule has 5 nitrogen and oxygen atoms in total. The summed E-state index contributed by atoms with van der Waals surface area (Å²) in [6.45, 7) is -0.280. The minimum absolute atomic E-state index is 0.0975. The van der Waals surface area contributed by atoms with Crippen molar-refractivity contribution in [1.29, 1.82) is 0 Å². The summed E-state index contributed by atoms with van der Waals surface area (Å²) in [6.07, 6.45) is 4.62. The highest BCUT2D eigenvalue weighted by atomic mass is 35.5. The Labute approximate surface area is 121 Å². The standard InChI is InChI=1S/C14H12ClNO4/c1-2-5-16-13(17)8-19-14(18)12-7-9-6-10(15)3-4-11(9)20-12/h1,3-4,6,12H,5,7-8H2,(H,16,17)/t12-/m0/s1. The van der Waals surface area contributed by atoms with E-state index in [1.165, 1.54) is 0 Å². The summed E-state index contributed by atoms with van der Waals surface area (Å²) in [4.78, 5) is 23.0. The van der Waals surface area contributed by atoms with Gasteiger partial charge in [-0.2, -0.15) is 0 Å². The molecule has 1 amide bonds. The van der Waals surface area contributed by atoms with E-state index in [0.29, 0.717) is 17.2 Å². The zero-order valence-corrected chi connectivity index (χ0v) is 11.3. The maximum absolute atomic E-state index is 11.8. The molecule has 0 saturated heterocycles. The number of hydrogen-bond donors (Lipinski definition) is 1. The predicted molar refractivity (Wildman–Crippen MR) is 72.4 cm³/mol. The first-order valence-corrected chi connectivity index (χ1v) is 6.30. The van der Waals surface area contributed by atoms with Crippen LogP contribution < -0.4 is 10.1 Å². The zero-order chi connectivity index (χ0) is 14.5. The van der Waals surface area contributed by atoms with Gasteiger partial charge in [0.15, 0.2) is 12.7 Å². The SMILES string of the molecule is C#CCNC(=O)COC(=O)[C@@H]1Cc2cc(Cl)ccc2O1. The highest BCUT2D eigenvalue weighted by molar-refractivity contribution is 6.30. The molecule has 1 N–H and O–H groups in total. The second-order valence-corrected chi connectivity index (χ2v) is 4.59. The van der Waals surface area contributed by atoms with Crippen LogP contribution in [0.4, 0.5) is 0 Å². The van der Waals surface area contributed by atoms with Gasteiger partial charge in [0.05, 0.1) is 6.54 Å². The van der Waals surface area contributed by atoms with Gasteiger partial charge in [-0.1, -0.05) is 17.5 Å². The molecule has 1 heterocycles. The number of hydrogen-bond acceptors (Lipinski definition) is 4. The summed E-state index contributed by atoms with van der Waals surface area (Å²) in [5.74, 6) is 1.81. The second-order valence-electron chi connectivity index (χ2n) is 4.15. The number of carbonyl (C=O) groups excluding carboxylic acids is 2. The maximum Gasteiger partial charge on any atom is 0.348 e. The highest BCUT2D eigenvalue weighted by Crippen LogP contribution is 2.31. The number of amides is 1. The van der Waals surface area contributed by atoms with E-state index >= 15 is 0 Å². The van der Waals surface area contributed by atoms with Crippen molar-refractivity contribution in [2.24, 2.45) is 0 Å². The first-order chi connectivity index (χ1) is 9.60. The minimum atomic E-state index is -0.746. The van der Waals surface area contributed by atoms with Gasteiger partial charge in [-0.05, 0) is 23.8 Å². The Morgan fingerprint density at radius 2 is 2.35 bits per heavy atom. The lowest BCUT2D eigenvalue weighted by Crippen LogP contribution is -2.33. The zero-order valence-electron chi connectivity index (χ0n) is 10.5. The van der Waals surface area contributed by atoms with Gasteiger partial charge < -0.3 is 14.8 Å². The Morgan fingerprint density at radius 1 is 1.55 bits per heavy atom. The molecule has 0 saturated carbocycles. The van der Waals surface area contributed by atoms with Crippen LogP contribution in [-0.2, 0) is 20.7 Å². The second kappa shape index (κ2) is 6.31. The first-order valence-electron chi connectivity index (χ1n) is 5.92. The number of rotatable bonds is 4. The summed E-state index contributed by atoms with van der Waals surface area (Å²) >= 11 is 5.86. The van der Waals surface area contributed by atoms with Crippen molar-refractivity contribution >= 4 is 23.5 Å². The van der Waals surface area contributed by atoms with Crippen molar-refractivity contribution in [2.75, 3.05) is 13.2 Å². The predicted octanol–water partition coefficient (Wildman–Crippen LogP) is 0.936. The minimum Gasteiger partial charge on any atom is -0.478 e. The largest absolute Gasteiger partial charge is 0.478 e. The van der Waals surface area contributed by atoms with Crippen molar-refractivity contribution in [2.45, 2.75) is 12.5 Å². The van der Waals surface area contributed by atoms with Crippen molar-refractivity contribution in [1.82, 2.24) is 5.32 Å². The van der Waals surface area contributed by atoms with E-state index in [-0.39, 0.29) is 13.2 Å². The third kappa shape index (κ3) is 3.43. The van der Waals surface area contributed by atoms with E-state index in [0.717, 1.165) is 5.56 Å². The molecule has 0 spiro atoms. The van der Waals surface area contributed by atoms with Crippen LogP contribution in [-0.4, -0.2) is 31.1 Å². The lowest BCUT2D eigenvalue weighted by molar-refractivity contribution is -0.154. The molecule has 104 valence electrons. The van der Waals surface area contributed by atoms with Crippen LogP contribution in [0.2, 0.25) is 5.02 Å². The van der Waals surface area contributed by atoms with Crippen LogP contribution in [0.25, 0.3) is 0 Å². The molecule has 0 fully saturated rings. The van der Waals surface area contributed by atoms with Crippen LogP contribution in [0.3, 0.4) is 0 Å². The van der Waals surface area contributed by atoms with E-state index in [9.17, 15) is 9.59 Å². The van der Waals surface area contributed by atoms with Gasteiger partial charge in [-0.3, -0.25) is 4.79 Å². The quantitative estimate of drug-likeness (QED) is 0.663. The molecule has 1 atom stereocenters. The van der Waals surface area contributed by atoms with Crippen molar-refractivity contribution in [3.8, 4) is 18.1 Å². The lowest BCUT2D eigenvalue weighted by atomic mass is 10.1. The van der Waals surface area contributed by atoms with E-state index in [2.05, 4.69) is 11.2 Å². The van der Waals surface area contributed by atoms with Crippen molar-refractivity contribution < 1.29 is 19.1 Å². The summed E-state index contributed by atoms with van der Waals surface area (Å²) < 4.78 is 10.3. The number of nitrogens with one attached hydrogen (secondary N) is 1. The average molecular weight is 294 g/mol. The fourth-order valence-electron chi connectivity index (χ4n) is 1.78. The molecule has 0 aromatic heterocycles. The fourth-order valence-corrected chi connectivity index (χ4v) is 1.97. The molecule has 20 heavy (non-hydrogen) atoms. The van der Waals surface area contributed by atoms with E-state index in [1.54, 1.807) is 18.2 Å². The van der Waals surface area contributed by atoms with Gasteiger partial charge in [0, 0.05) is 11.4 Å². The molecule has 0 bridgehead atoms. The fraction of sp³-hybridized carbons (Fsp3) is 0.286. The molecule has 0 unspecified atom stereocenters. The molecular formula is C14H12ClNO4. The van der Waals surface area contributed by atoms with Gasteiger partial charge in [-0.25, -0.2) is 4.79 Å². The van der Waals surface area contributed by atoms with Crippen LogP contribution >= 0.6 is 11.6 Å². The summed E-state index contributed by atoms with van der Waals surface area (Å²) in [5, 5.41) is 2.97. The third-order valence-corrected chi connectivity index (χ3v) is 2.93. The average Bonchev–Trinajstić information content (AvgIpc) is 2.85. The molecule has 1 aromatic rings. The van der Waals surface area contributed by atoms with Gasteiger partial charge in [0.1, 0.15) is 5.75 Å². The van der Waals surface area contributed by atoms with Crippen LogP contribution in [0, 0.1) is 12.3 Å². The Bertz CT molecular complexity index is 579. The molecule has 2 rings (SSSR count). The van der Waals surface area contributed by atoms with Gasteiger partial charge in [0.25, 0.3) is 5.91 Å². The number of carbonyl (C=O) groups is 2. The van der Waals surface area contributed by atoms with Crippen LogP contribution in [0.1, 0.15) is 5.56 Å². The Morgan fingerprint density at radius 3 is 3.10 bits per heavy atom. The smallest absolute Gasteiger partial charge is 0.348 e. The highest BCUT2D eigenvalue weighted by Gasteiger charge is 2.30. The molecule has 0 aliphatic carbocycles. The molecule has 6 heteroatoms. The van der Waals surface area contributed by atoms with E-state index in [1.807, 2.05) is 0 Å². The monoisotopic (exact) mass is 293 g/mol. The number of esters is 1. The Kier molecular flexibility index (Phi) is 4.49. The number of ether oxygens (including phenoxy) is 2. The van der Waals surface area contributed by atoms with E-state index in [4.69, 9.17) is 27.5 Å². The molecule has 1 aromatic carbocycles. The third-order valence-electron chi connectivity index (χ3n) is 2.69. The number of terminal acetylenes is 1. The van der Waals surface area contributed by atoms with E-state index < -0.39 is 18.0 Å². The summed E-state index contributed by atoms with van der Waals surface area (Å²) in [7, 11) is 0. The molecular weight excluding hydrogens is 282 g/mol. The molecule has 0 radical (unpaired) electrons. The van der Waals surface area contributed by atoms with Crippen LogP contribution in [0.15, 0.2) is 18.2 Å². The summed E-state index contributed by atoms with van der Waals surface area (Å²) in [6, 6.07) is 5.12. The van der Waals surface area contributed by atoms with Gasteiger partial charge >= 0.3 is 5.97 Å². The lowest BCUT2D eigenvalue weighted by Gasteiger charge is -2.10. The normalized spacial score (nSPS) is 15.7. The van der Waals surface area contributed by atoms with Crippen molar-refractivity contribution in [3.05, 3.63) is 28.8 Å². The van der Waals surface area contributed by atoms with Crippen molar-refractivity contribution in [3.63, 3.8) is 0 Å². The first kappa shape index (κ1) is 14.2. The maximum atomic E-state index is 11.8.